The molecule has 0 unspecified atom stereocenters. The molecule has 0 bridgehead atoms. The van der Waals surface area contributed by atoms with Crippen molar-refractivity contribution in [1.82, 2.24) is 14.3 Å². The fourth-order valence-corrected chi connectivity index (χ4v) is 2.85. The van der Waals surface area contributed by atoms with Gasteiger partial charge >= 0.3 is 0 Å². The molecule has 0 saturated carbocycles. The highest BCUT2D eigenvalue weighted by atomic mass is 19.1. The molecule has 0 spiro atoms. The van der Waals surface area contributed by atoms with Gasteiger partial charge in [-0.1, -0.05) is 18.2 Å². The van der Waals surface area contributed by atoms with E-state index in [0.29, 0.717) is 37.6 Å². The van der Waals surface area contributed by atoms with Gasteiger partial charge in [0.25, 0.3) is 5.56 Å². The van der Waals surface area contributed by atoms with Gasteiger partial charge in [0, 0.05) is 39.0 Å². The average Bonchev–Trinajstić information content (AvgIpc) is 2.62. The summed E-state index contributed by atoms with van der Waals surface area (Å²) in [7, 11) is 1.65. The first-order chi connectivity index (χ1) is 12.5. The maximum atomic E-state index is 13.1. The van der Waals surface area contributed by atoms with E-state index in [1.165, 1.54) is 12.1 Å². The second-order valence-electron chi connectivity index (χ2n) is 6.35. The Morgan fingerprint density at radius 3 is 2.65 bits per heavy atom. The fraction of sp³-hybridized carbons (Fsp3) is 0.300. The lowest BCUT2D eigenvalue weighted by atomic mass is 10.2. The Hall–Kier alpha value is -2.57. The lowest BCUT2D eigenvalue weighted by molar-refractivity contribution is 0.139. The second kappa shape index (κ2) is 8.21. The van der Waals surface area contributed by atoms with Gasteiger partial charge in [0.2, 0.25) is 0 Å². The van der Waals surface area contributed by atoms with Crippen molar-refractivity contribution < 1.29 is 9.13 Å². The van der Waals surface area contributed by atoms with Crippen LogP contribution in [0.1, 0.15) is 16.8 Å². The van der Waals surface area contributed by atoms with Gasteiger partial charge in [-0.15, -0.1) is 0 Å². The molecule has 0 aliphatic carbocycles. The van der Waals surface area contributed by atoms with E-state index in [2.05, 4.69) is 9.88 Å². The summed E-state index contributed by atoms with van der Waals surface area (Å²) in [5.74, 6) is -0.253. The lowest BCUT2D eigenvalue weighted by Crippen LogP contribution is -2.28. The molecule has 3 rings (SSSR count). The normalized spacial score (nSPS) is 11.4. The predicted molar refractivity (Wildman–Crippen MR) is 98.6 cm³/mol. The fourth-order valence-electron chi connectivity index (χ4n) is 2.85. The van der Waals surface area contributed by atoms with Crippen LogP contribution < -0.4 is 5.56 Å². The number of ether oxygens (including phenoxy) is 1. The van der Waals surface area contributed by atoms with Gasteiger partial charge in [-0.2, -0.15) is 0 Å². The third-order valence-corrected chi connectivity index (χ3v) is 4.18. The number of halogens is 1. The highest BCUT2D eigenvalue weighted by molar-refractivity contribution is 5.39. The molecule has 0 atom stereocenters. The van der Waals surface area contributed by atoms with Crippen LogP contribution in [0, 0.1) is 12.7 Å². The van der Waals surface area contributed by atoms with Gasteiger partial charge in [0.05, 0.1) is 12.3 Å². The monoisotopic (exact) mass is 355 g/mol. The zero-order valence-electron chi connectivity index (χ0n) is 15.0. The number of methoxy groups -OCH3 is 1. The van der Waals surface area contributed by atoms with E-state index >= 15 is 0 Å². The molecule has 6 heteroatoms. The molecule has 26 heavy (non-hydrogen) atoms. The second-order valence-corrected chi connectivity index (χ2v) is 6.35. The van der Waals surface area contributed by atoms with Crippen molar-refractivity contribution in [2.75, 3.05) is 20.3 Å². The first-order valence-corrected chi connectivity index (χ1v) is 8.50. The van der Waals surface area contributed by atoms with Crippen LogP contribution >= 0.6 is 0 Å². The van der Waals surface area contributed by atoms with E-state index < -0.39 is 0 Å². The Balaban J connectivity index is 1.83. The summed E-state index contributed by atoms with van der Waals surface area (Å²) >= 11 is 0. The summed E-state index contributed by atoms with van der Waals surface area (Å²) in [5.41, 5.74) is 3.24. The maximum Gasteiger partial charge on any atom is 0.258 e. The quantitative estimate of drug-likeness (QED) is 0.654. The summed E-state index contributed by atoms with van der Waals surface area (Å²) in [6.45, 7) is 4.32. The molecular formula is C20H22FN3O2. The van der Waals surface area contributed by atoms with Gasteiger partial charge < -0.3 is 4.74 Å². The van der Waals surface area contributed by atoms with Crippen LogP contribution in [0.5, 0.6) is 0 Å². The topological polar surface area (TPSA) is 46.8 Å². The molecule has 0 amide bonds. The molecule has 0 aliphatic heterocycles. The van der Waals surface area contributed by atoms with Crippen molar-refractivity contribution in [3.05, 3.63) is 81.7 Å². The van der Waals surface area contributed by atoms with Gasteiger partial charge in [-0.05, 0) is 36.2 Å². The van der Waals surface area contributed by atoms with Crippen molar-refractivity contribution in [2.45, 2.75) is 20.0 Å². The molecule has 0 fully saturated rings. The Labute approximate surface area is 151 Å². The molecular weight excluding hydrogens is 333 g/mol. The predicted octanol–water partition coefficient (Wildman–Crippen LogP) is 2.79. The summed E-state index contributed by atoms with van der Waals surface area (Å²) < 4.78 is 19.9. The number of aromatic nitrogens is 2. The van der Waals surface area contributed by atoms with E-state index in [9.17, 15) is 9.18 Å². The lowest BCUT2D eigenvalue weighted by Gasteiger charge is -2.22. The number of nitrogens with zero attached hydrogens (tertiary/aromatic N) is 3. The van der Waals surface area contributed by atoms with Gasteiger partial charge in [-0.25, -0.2) is 9.37 Å². The van der Waals surface area contributed by atoms with Gasteiger partial charge in [-0.3, -0.25) is 14.1 Å². The maximum absolute atomic E-state index is 13.1. The molecule has 0 N–H and O–H groups in total. The smallest absolute Gasteiger partial charge is 0.258 e. The van der Waals surface area contributed by atoms with Crippen molar-refractivity contribution in [2.24, 2.45) is 0 Å². The number of hydrogen-bond donors (Lipinski definition) is 0. The summed E-state index contributed by atoms with van der Waals surface area (Å²) in [6, 6.07) is 11.8. The molecule has 0 radical (unpaired) electrons. The Kier molecular flexibility index (Phi) is 5.75. The van der Waals surface area contributed by atoms with E-state index in [4.69, 9.17) is 4.74 Å². The summed E-state index contributed by atoms with van der Waals surface area (Å²) in [6.07, 6.45) is 1.79. The van der Waals surface area contributed by atoms with Crippen LogP contribution in [0.2, 0.25) is 0 Å². The molecule has 136 valence electrons. The Bertz CT molecular complexity index is 938. The van der Waals surface area contributed by atoms with Crippen molar-refractivity contribution >= 4 is 5.65 Å². The minimum Gasteiger partial charge on any atom is -0.383 e. The molecule has 5 nitrogen and oxygen atoms in total. The van der Waals surface area contributed by atoms with Crippen LogP contribution in [0.15, 0.2) is 53.5 Å². The molecule has 0 saturated heterocycles. The minimum absolute atomic E-state index is 0.0952. The zero-order valence-corrected chi connectivity index (χ0v) is 15.0. The average molecular weight is 355 g/mol. The Morgan fingerprint density at radius 2 is 1.92 bits per heavy atom. The van der Waals surface area contributed by atoms with Crippen LogP contribution in [0.4, 0.5) is 4.39 Å². The molecule has 3 aromatic rings. The SMILES string of the molecule is COCCN(Cc1ccc(F)cc1)Cc1cc(=O)n2cc(C)ccc2n1. The van der Waals surface area contributed by atoms with E-state index in [-0.39, 0.29) is 11.4 Å². The summed E-state index contributed by atoms with van der Waals surface area (Å²) in [5, 5.41) is 0. The van der Waals surface area contributed by atoms with Crippen LogP contribution in [0.25, 0.3) is 5.65 Å². The van der Waals surface area contributed by atoms with E-state index in [0.717, 1.165) is 11.1 Å². The Morgan fingerprint density at radius 1 is 1.15 bits per heavy atom. The van der Waals surface area contributed by atoms with Gasteiger partial charge in [0.15, 0.2) is 0 Å². The first kappa shape index (κ1) is 18.2. The molecule has 0 aliphatic rings. The van der Waals surface area contributed by atoms with Crippen LogP contribution in [0.3, 0.4) is 0 Å². The largest absolute Gasteiger partial charge is 0.383 e. The third-order valence-electron chi connectivity index (χ3n) is 4.18. The van der Waals surface area contributed by atoms with Crippen LogP contribution in [-0.4, -0.2) is 34.5 Å². The van der Waals surface area contributed by atoms with E-state index in [1.54, 1.807) is 35.9 Å². The van der Waals surface area contributed by atoms with Crippen LogP contribution in [-0.2, 0) is 17.8 Å². The van der Waals surface area contributed by atoms with E-state index in [1.807, 2.05) is 19.1 Å². The number of pyridine rings is 1. The van der Waals surface area contributed by atoms with Crippen molar-refractivity contribution in [3.63, 3.8) is 0 Å². The molecule has 2 heterocycles. The highest BCUT2D eigenvalue weighted by Crippen LogP contribution is 2.10. The number of rotatable bonds is 7. The van der Waals surface area contributed by atoms with Crippen molar-refractivity contribution in [3.8, 4) is 0 Å². The minimum atomic E-state index is -0.253. The number of fused-ring (bicyclic) bond motifs is 1. The third kappa shape index (κ3) is 4.53. The number of aryl methyl sites for hydroxylation is 1. The highest BCUT2D eigenvalue weighted by Gasteiger charge is 2.10. The molecule has 1 aromatic carbocycles. The van der Waals surface area contributed by atoms with Gasteiger partial charge in [0.1, 0.15) is 11.5 Å². The number of benzene rings is 1. The zero-order chi connectivity index (χ0) is 18.5. The van der Waals surface area contributed by atoms with Crippen molar-refractivity contribution in [1.29, 1.82) is 0 Å². The summed E-state index contributed by atoms with van der Waals surface area (Å²) in [4.78, 5) is 19.1. The number of hydrogen-bond acceptors (Lipinski definition) is 4. The standard InChI is InChI=1S/C20H22FN3O2/c1-15-3-8-19-22-18(11-20(25)24(19)12-15)14-23(9-10-26-2)13-16-4-6-17(21)7-5-16/h3-8,11-12H,9-10,13-14H2,1-2H3. The molecule has 2 aromatic heterocycles. The first-order valence-electron chi connectivity index (χ1n) is 8.50.